The van der Waals surface area contributed by atoms with E-state index >= 15 is 0 Å². The number of hydrogen-bond donors (Lipinski definition) is 1. The van der Waals surface area contributed by atoms with Crippen LogP contribution >= 0.6 is 0 Å². The van der Waals surface area contributed by atoms with Crippen molar-refractivity contribution in [2.75, 3.05) is 0 Å². The van der Waals surface area contributed by atoms with Crippen molar-refractivity contribution in [2.24, 2.45) is 7.05 Å². The van der Waals surface area contributed by atoms with Gasteiger partial charge in [-0.3, -0.25) is 5.32 Å². The highest BCUT2D eigenvalue weighted by molar-refractivity contribution is 4.97. The lowest BCUT2D eigenvalue weighted by molar-refractivity contribution is 0.398. The van der Waals surface area contributed by atoms with E-state index in [1.54, 1.807) is 6.20 Å². The van der Waals surface area contributed by atoms with Crippen LogP contribution in [0.1, 0.15) is 36.3 Å². The van der Waals surface area contributed by atoms with Crippen LogP contribution in [0.25, 0.3) is 0 Å². The van der Waals surface area contributed by atoms with Crippen LogP contribution in [0.5, 0.6) is 0 Å². The maximum atomic E-state index is 5.45. The Bertz CT molecular complexity index is 502. The monoisotopic (exact) mass is 235 g/mol. The minimum atomic E-state index is 0.0562. The highest BCUT2D eigenvalue weighted by atomic mass is 16.4. The Kier molecular flexibility index (Phi) is 3.23. The number of nitrogens with zero attached hydrogens (tertiary/aromatic N) is 4. The van der Waals surface area contributed by atoms with Gasteiger partial charge in [0.2, 0.25) is 5.89 Å². The smallest absolute Gasteiger partial charge is 0.211 e. The third-order valence-corrected chi connectivity index (χ3v) is 2.76. The fourth-order valence-corrected chi connectivity index (χ4v) is 1.51. The first-order chi connectivity index (χ1) is 8.08. The molecule has 0 aliphatic heterocycles. The fraction of sp³-hybridized carbons (Fsp3) is 0.545. The summed E-state index contributed by atoms with van der Waals surface area (Å²) in [6.45, 7) is 6.46. The Hall–Kier alpha value is -1.69. The number of nitrogens with one attached hydrogen (secondary N) is 1. The lowest BCUT2D eigenvalue weighted by Gasteiger charge is -2.09. The van der Waals surface area contributed by atoms with Crippen LogP contribution in [0.15, 0.2) is 10.6 Å². The molecule has 0 spiro atoms. The molecule has 0 fully saturated rings. The average Bonchev–Trinajstić information content (AvgIpc) is 2.86. The highest BCUT2D eigenvalue weighted by Crippen LogP contribution is 2.12. The zero-order valence-corrected chi connectivity index (χ0v) is 10.6. The third-order valence-electron chi connectivity index (χ3n) is 2.76. The van der Waals surface area contributed by atoms with Crippen LogP contribution in [-0.4, -0.2) is 19.7 Å². The van der Waals surface area contributed by atoms with E-state index in [1.807, 2.05) is 32.4 Å². The second-order valence-electron chi connectivity index (χ2n) is 4.13. The predicted molar refractivity (Wildman–Crippen MR) is 62.2 cm³/mol. The molecule has 2 aromatic heterocycles. The largest absolute Gasteiger partial charge is 0.444 e. The van der Waals surface area contributed by atoms with Crippen molar-refractivity contribution >= 4 is 0 Å². The van der Waals surface area contributed by atoms with Crippen molar-refractivity contribution in [3.8, 4) is 0 Å². The van der Waals surface area contributed by atoms with E-state index in [0.717, 1.165) is 17.4 Å². The molecule has 2 rings (SSSR count). The van der Waals surface area contributed by atoms with E-state index in [-0.39, 0.29) is 6.04 Å². The van der Waals surface area contributed by atoms with Crippen molar-refractivity contribution in [1.29, 1.82) is 0 Å². The summed E-state index contributed by atoms with van der Waals surface area (Å²) < 4.78 is 7.41. The van der Waals surface area contributed by atoms with Gasteiger partial charge in [0, 0.05) is 7.05 Å². The molecule has 0 saturated heterocycles. The predicted octanol–water partition coefficient (Wildman–Crippen LogP) is 1.27. The highest BCUT2D eigenvalue weighted by Gasteiger charge is 2.12. The van der Waals surface area contributed by atoms with Crippen LogP contribution in [0.3, 0.4) is 0 Å². The minimum absolute atomic E-state index is 0.0562. The lowest BCUT2D eigenvalue weighted by atomic mass is 10.3. The van der Waals surface area contributed by atoms with Crippen molar-refractivity contribution < 1.29 is 4.42 Å². The first kappa shape index (κ1) is 11.8. The van der Waals surface area contributed by atoms with Gasteiger partial charge >= 0.3 is 0 Å². The summed E-state index contributed by atoms with van der Waals surface area (Å²) in [5.74, 6) is 3.32. The summed E-state index contributed by atoms with van der Waals surface area (Å²) in [5, 5.41) is 11.4. The number of aryl methyl sites for hydroxylation is 2. The summed E-state index contributed by atoms with van der Waals surface area (Å²) in [6, 6.07) is 0.0562. The summed E-state index contributed by atoms with van der Waals surface area (Å²) in [4.78, 5) is 4.18. The topological polar surface area (TPSA) is 68.8 Å². The average molecular weight is 235 g/mol. The SMILES string of the molecule is Cc1cnc(C(C)NCc2nnc(C)n2C)o1. The van der Waals surface area contributed by atoms with E-state index in [1.165, 1.54) is 0 Å². The third kappa shape index (κ3) is 2.52. The van der Waals surface area contributed by atoms with E-state index in [2.05, 4.69) is 20.5 Å². The molecular formula is C11H17N5O. The molecule has 6 heteroatoms. The first-order valence-corrected chi connectivity index (χ1v) is 5.58. The van der Waals surface area contributed by atoms with E-state index in [9.17, 15) is 0 Å². The van der Waals surface area contributed by atoms with Gasteiger partial charge in [0.15, 0.2) is 0 Å². The van der Waals surface area contributed by atoms with Crippen LogP contribution in [0, 0.1) is 13.8 Å². The van der Waals surface area contributed by atoms with Crippen LogP contribution in [0.4, 0.5) is 0 Å². The van der Waals surface area contributed by atoms with Gasteiger partial charge in [-0.15, -0.1) is 10.2 Å². The van der Waals surface area contributed by atoms with Gasteiger partial charge in [0.05, 0.1) is 18.8 Å². The molecule has 17 heavy (non-hydrogen) atoms. The van der Waals surface area contributed by atoms with Crippen LogP contribution < -0.4 is 5.32 Å². The molecule has 92 valence electrons. The lowest BCUT2D eigenvalue weighted by Crippen LogP contribution is -2.20. The second-order valence-corrected chi connectivity index (χ2v) is 4.13. The van der Waals surface area contributed by atoms with Gasteiger partial charge < -0.3 is 8.98 Å². The second kappa shape index (κ2) is 4.67. The molecule has 0 aliphatic rings. The molecule has 0 radical (unpaired) electrons. The molecule has 0 bridgehead atoms. The summed E-state index contributed by atoms with van der Waals surface area (Å²) >= 11 is 0. The maximum absolute atomic E-state index is 5.45. The Labute approximate surface area is 100 Å². The quantitative estimate of drug-likeness (QED) is 0.864. The van der Waals surface area contributed by atoms with Crippen molar-refractivity contribution in [3.63, 3.8) is 0 Å². The van der Waals surface area contributed by atoms with Gasteiger partial charge in [-0.2, -0.15) is 0 Å². The molecular weight excluding hydrogens is 218 g/mol. The molecule has 2 aromatic rings. The number of hydrogen-bond acceptors (Lipinski definition) is 5. The zero-order valence-electron chi connectivity index (χ0n) is 10.6. The molecule has 0 amide bonds. The van der Waals surface area contributed by atoms with Gasteiger partial charge in [0.25, 0.3) is 0 Å². The van der Waals surface area contributed by atoms with E-state index < -0.39 is 0 Å². The standard InChI is InChI=1S/C11H17N5O/c1-7-5-13-11(17-7)8(2)12-6-10-15-14-9(3)16(10)4/h5,8,12H,6H2,1-4H3. The number of aromatic nitrogens is 4. The van der Waals surface area contributed by atoms with Crippen molar-refractivity contribution in [2.45, 2.75) is 33.4 Å². The molecule has 1 atom stereocenters. The van der Waals surface area contributed by atoms with Gasteiger partial charge in [0.1, 0.15) is 17.4 Å². The Balaban J connectivity index is 1.96. The van der Waals surface area contributed by atoms with E-state index in [4.69, 9.17) is 4.42 Å². The van der Waals surface area contributed by atoms with Crippen LogP contribution in [0.2, 0.25) is 0 Å². The molecule has 1 unspecified atom stereocenters. The van der Waals surface area contributed by atoms with Gasteiger partial charge in [-0.05, 0) is 20.8 Å². The minimum Gasteiger partial charge on any atom is -0.444 e. The Morgan fingerprint density at radius 3 is 2.71 bits per heavy atom. The molecule has 2 heterocycles. The first-order valence-electron chi connectivity index (χ1n) is 5.58. The number of oxazole rings is 1. The molecule has 0 saturated carbocycles. The zero-order chi connectivity index (χ0) is 12.4. The summed E-state index contributed by atoms with van der Waals surface area (Å²) in [7, 11) is 1.95. The Morgan fingerprint density at radius 2 is 2.18 bits per heavy atom. The van der Waals surface area contributed by atoms with Crippen molar-refractivity contribution in [1.82, 2.24) is 25.1 Å². The molecule has 6 nitrogen and oxygen atoms in total. The summed E-state index contributed by atoms with van der Waals surface area (Å²) in [6.07, 6.45) is 1.72. The van der Waals surface area contributed by atoms with Crippen LogP contribution in [-0.2, 0) is 13.6 Å². The Morgan fingerprint density at radius 1 is 1.41 bits per heavy atom. The van der Waals surface area contributed by atoms with Gasteiger partial charge in [-0.1, -0.05) is 0 Å². The van der Waals surface area contributed by atoms with Crippen molar-refractivity contribution in [3.05, 3.63) is 29.5 Å². The maximum Gasteiger partial charge on any atom is 0.211 e. The van der Waals surface area contributed by atoms with Gasteiger partial charge in [-0.25, -0.2) is 4.98 Å². The summed E-state index contributed by atoms with van der Waals surface area (Å²) in [5.41, 5.74) is 0. The number of rotatable bonds is 4. The fourth-order valence-electron chi connectivity index (χ4n) is 1.51. The molecule has 0 aromatic carbocycles. The van der Waals surface area contributed by atoms with E-state index in [0.29, 0.717) is 12.4 Å². The normalized spacial score (nSPS) is 12.9. The molecule has 0 aliphatic carbocycles. The molecule has 1 N–H and O–H groups in total.